The first kappa shape index (κ1) is 17.9. The van der Waals surface area contributed by atoms with E-state index < -0.39 is 6.10 Å². The van der Waals surface area contributed by atoms with Crippen LogP contribution < -0.4 is 5.32 Å². The van der Waals surface area contributed by atoms with E-state index >= 15 is 0 Å². The molecule has 1 fully saturated rings. The van der Waals surface area contributed by atoms with Gasteiger partial charge >= 0.3 is 0 Å². The third-order valence-electron chi connectivity index (χ3n) is 3.76. The van der Waals surface area contributed by atoms with Crippen LogP contribution in [0.15, 0.2) is 0 Å². The molecule has 0 saturated carbocycles. The van der Waals surface area contributed by atoms with Gasteiger partial charge in [0.05, 0.1) is 25.4 Å². The van der Waals surface area contributed by atoms with Gasteiger partial charge in [0.1, 0.15) is 0 Å². The van der Waals surface area contributed by atoms with Crippen LogP contribution in [-0.4, -0.2) is 49.7 Å². The van der Waals surface area contributed by atoms with Gasteiger partial charge in [0.25, 0.3) is 0 Å². The third kappa shape index (κ3) is 8.90. The zero-order valence-corrected chi connectivity index (χ0v) is 13.4. The molecule has 2 N–H and O–H groups in total. The minimum atomic E-state index is -0.427. The molecular formula is C16H33NO3. The van der Waals surface area contributed by atoms with Crippen molar-refractivity contribution in [1.29, 1.82) is 0 Å². The smallest absolute Gasteiger partial charge is 0.0897 e. The summed E-state index contributed by atoms with van der Waals surface area (Å²) in [6, 6.07) is 0.460. The predicted molar refractivity (Wildman–Crippen MR) is 82.0 cm³/mol. The molecule has 1 saturated heterocycles. The number of ether oxygens (including phenoxy) is 2. The molecule has 0 aliphatic carbocycles. The molecule has 1 rings (SSSR count). The van der Waals surface area contributed by atoms with Gasteiger partial charge in [-0.25, -0.2) is 0 Å². The summed E-state index contributed by atoms with van der Waals surface area (Å²) in [6.45, 7) is 9.16. The summed E-state index contributed by atoms with van der Waals surface area (Å²) in [5.74, 6) is 0.777. The van der Waals surface area contributed by atoms with Crippen molar-refractivity contribution in [2.45, 2.75) is 71.1 Å². The SMILES string of the molecule is CC(C)CCCC(C)NCC(O)COCC1CCCO1. The van der Waals surface area contributed by atoms with Crippen LogP contribution >= 0.6 is 0 Å². The van der Waals surface area contributed by atoms with Gasteiger partial charge in [0.2, 0.25) is 0 Å². The minimum absolute atomic E-state index is 0.241. The first-order valence-electron chi connectivity index (χ1n) is 8.18. The number of rotatable bonds is 11. The topological polar surface area (TPSA) is 50.7 Å². The maximum absolute atomic E-state index is 9.86. The number of aliphatic hydroxyl groups excluding tert-OH is 1. The van der Waals surface area contributed by atoms with Crippen molar-refractivity contribution in [3.63, 3.8) is 0 Å². The van der Waals surface area contributed by atoms with E-state index in [1.165, 1.54) is 19.3 Å². The molecule has 20 heavy (non-hydrogen) atoms. The quantitative estimate of drug-likeness (QED) is 0.612. The van der Waals surface area contributed by atoms with Crippen LogP contribution in [-0.2, 0) is 9.47 Å². The highest BCUT2D eigenvalue weighted by Gasteiger charge is 2.16. The molecule has 0 spiro atoms. The average molecular weight is 287 g/mol. The van der Waals surface area contributed by atoms with E-state index in [0.717, 1.165) is 25.4 Å². The number of aliphatic hydroxyl groups is 1. The Kier molecular flexibility index (Phi) is 9.44. The molecule has 0 aromatic carbocycles. The van der Waals surface area contributed by atoms with Gasteiger partial charge in [-0.3, -0.25) is 0 Å². The minimum Gasteiger partial charge on any atom is -0.389 e. The molecule has 120 valence electrons. The zero-order valence-electron chi connectivity index (χ0n) is 13.4. The lowest BCUT2D eigenvalue weighted by atomic mass is 10.0. The highest BCUT2D eigenvalue weighted by molar-refractivity contribution is 4.67. The van der Waals surface area contributed by atoms with Crippen LogP contribution in [0.2, 0.25) is 0 Å². The van der Waals surface area contributed by atoms with Crippen molar-refractivity contribution in [1.82, 2.24) is 5.32 Å². The Hall–Kier alpha value is -0.160. The van der Waals surface area contributed by atoms with Crippen LogP contribution in [0.4, 0.5) is 0 Å². The Morgan fingerprint density at radius 3 is 2.75 bits per heavy atom. The molecule has 1 aliphatic rings. The highest BCUT2D eigenvalue weighted by atomic mass is 16.5. The van der Waals surface area contributed by atoms with E-state index in [0.29, 0.717) is 25.8 Å². The monoisotopic (exact) mass is 287 g/mol. The maximum Gasteiger partial charge on any atom is 0.0897 e. The molecule has 0 amide bonds. The standard InChI is InChI=1S/C16H33NO3/c1-13(2)6-4-7-14(3)17-10-15(18)11-19-12-16-8-5-9-20-16/h13-18H,4-12H2,1-3H3. The second-order valence-electron chi connectivity index (χ2n) is 6.46. The van der Waals surface area contributed by atoms with E-state index in [9.17, 15) is 5.11 Å². The maximum atomic E-state index is 9.86. The lowest BCUT2D eigenvalue weighted by Crippen LogP contribution is -2.36. The summed E-state index contributed by atoms with van der Waals surface area (Å²) >= 11 is 0. The van der Waals surface area contributed by atoms with Gasteiger partial charge in [-0.2, -0.15) is 0 Å². The van der Waals surface area contributed by atoms with Gasteiger partial charge in [-0.1, -0.05) is 26.7 Å². The third-order valence-corrected chi connectivity index (χ3v) is 3.76. The van der Waals surface area contributed by atoms with Gasteiger partial charge in [-0.15, -0.1) is 0 Å². The van der Waals surface area contributed by atoms with E-state index in [2.05, 4.69) is 26.1 Å². The Morgan fingerprint density at radius 1 is 1.30 bits per heavy atom. The van der Waals surface area contributed by atoms with Gasteiger partial charge in [0.15, 0.2) is 0 Å². The van der Waals surface area contributed by atoms with E-state index in [-0.39, 0.29) is 6.10 Å². The Balaban J connectivity index is 1.94. The fourth-order valence-corrected chi connectivity index (χ4v) is 2.44. The Bertz CT molecular complexity index is 230. The summed E-state index contributed by atoms with van der Waals surface area (Å²) in [5.41, 5.74) is 0. The first-order chi connectivity index (χ1) is 9.58. The van der Waals surface area contributed by atoms with Crippen molar-refractivity contribution in [3.8, 4) is 0 Å². The average Bonchev–Trinajstić information content (AvgIpc) is 2.89. The fraction of sp³-hybridized carbons (Fsp3) is 1.00. The highest BCUT2D eigenvalue weighted by Crippen LogP contribution is 2.12. The predicted octanol–water partition coefficient (Wildman–Crippen LogP) is 2.35. The summed E-state index contributed by atoms with van der Waals surface area (Å²) in [7, 11) is 0. The fourth-order valence-electron chi connectivity index (χ4n) is 2.44. The molecule has 3 unspecified atom stereocenters. The second kappa shape index (κ2) is 10.6. The number of hydrogen-bond acceptors (Lipinski definition) is 4. The van der Waals surface area contributed by atoms with Crippen LogP contribution in [0.1, 0.15) is 52.9 Å². The van der Waals surface area contributed by atoms with Crippen LogP contribution in [0, 0.1) is 5.92 Å². The molecule has 3 atom stereocenters. The van der Waals surface area contributed by atoms with Gasteiger partial charge in [-0.05, 0) is 32.1 Å². The van der Waals surface area contributed by atoms with Crippen molar-refractivity contribution >= 4 is 0 Å². The van der Waals surface area contributed by atoms with Crippen molar-refractivity contribution < 1.29 is 14.6 Å². The van der Waals surface area contributed by atoms with Crippen molar-refractivity contribution in [2.24, 2.45) is 5.92 Å². The molecule has 4 heteroatoms. The molecule has 0 bridgehead atoms. The number of hydrogen-bond donors (Lipinski definition) is 2. The Labute approximate surface area is 124 Å². The van der Waals surface area contributed by atoms with E-state index in [1.807, 2.05) is 0 Å². The largest absolute Gasteiger partial charge is 0.389 e. The first-order valence-corrected chi connectivity index (χ1v) is 8.18. The lowest BCUT2D eigenvalue weighted by molar-refractivity contribution is -0.0169. The molecule has 1 aliphatic heterocycles. The Morgan fingerprint density at radius 2 is 2.10 bits per heavy atom. The van der Waals surface area contributed by atoms with E-state index in [1.54, 1.807) is 0 Å². The van der Waals surface area contributed by atoms with E-state index in [4.69, 9.17) is 9.47 Å². The normalized spacial score (nSPS) is 22.4. The molecular weight excluding hydrogens is 254 g/mol. The second-order valence-corrected chi connectivity index (χ2v) is 6.46. The van der Waals surface area contributed by atoms with Crippen molar-refractivity contribution in [3.05, 3.63) is 0 Å². The summed E-state index contributed by atoms with van der Waals surface area (Å²) in [5, 5.41) is 13.2. The van der Waals surface area contributed by atoms with Gasteiger partial charge in [0, 0.05) is 19.2 Å². The summed E-state index contributed by atoms with van der Waals surface area (Å²) in [4.78, 5) is 0. The summed E-state index contributed by atoms with van der Waals surface area (Å²) in [6.07, 6.45) is 5.72. The lowest BCUT2D eigenvalue weighted by Gasteiger charge is -2.18. The molecule has 0 aromatic heterocycles. The summed E-state index contributed by atoms with van der Waals surface area (Å²) < 4.78 is 11.0. The molecule has 0 radical (unpaired) electrons. The van der Waals surface area contributed by atoms with Crippen LogP contribution in [0.25, 0.3) is 0 Å². The molecule has 4 nitrogen and oxygen atoms in total. The van der Waals surface area contributed by atoms with Crippen LogP contribution in [0.3, 0.4) is 0 Å². The van der Waals surface area contributed by atoms with Crippen LogP contribution in [0.5, 0.6) is 0 Å². The number of nitrogens with one attached hydrogen (secondary N) is 1. The molecule has 1 heterocycles. The van der Waals surface area contributed by atoms with Crippen molar-refractivity contribution in [2.75, 3.05) is 26.4 Å². The van der Waals surface area contributed by atoms with Gasteiger partial charge < -0.3 is 19.9 Å². The zero-order chi connectivity index (χ0) is 14.8. The molecule has 0 aromatic rings.